The number of piperidine rings is 1. The second-order valence-corrected chi connectivity index (χ2v) is 9.69. The first-order valence-corrected chi connectivity index (χ1v) is 11.0. The van der Waals surface area contributed by atoms with Crippen molar-refractivity contribution in [2.75, 3.05) is 18.4 Å². The number of sulfonamides is 1. The molecule has 1 aliphatic heterocycles. The Morgan fingerprint density at radius 3 is 2.64 bits per heavy atom. The Kier molecular flexibility index (Phi) is 5.84. The topological polar surface area (TPSA) is 84.3 Å². The van der Waals surface area contributed by atoms with Crippen molar-refractivity contribution in [2.45, 2.75) is 38.5 Å². The van der Waals surface area contributed by atoms with E-state index in [4.69, 9.17) is 11.6 Å². The molecule has 1 aromatic heterocycles. The highest BCUT2D eigenvalue weighted by Gasteiger charge is 2.31. The van der Waals surface area contributed by atoms with Crippen molar-refractivity contribution < 1.29 is 13.2 Å². The van der Waals surface area contributed by atoms with Crippen molar-refractivity contribution >= 4 is 33.2 Å². The van der Waals surface area contributed by atoms with E-state index in [0.717, 1.165) is 18.5 Å². The van der Waals surface area contributed by atoms with Crippen molar-refractivity contribution in [3.63, 3.8) is 0 Å². The molecule has 0 saturated carbocycles. The molecule has 0 unspecified atom stereocenters. The van der Waals surface area contributed by atoms with Crippen LogP contribution in [0.2, 0.25) is 5.02 Å². The lowest BCUT2D eigenvalue weighted by Crippen LogP contribution is -2.39. The smallest absolute Gasteiger partial charge is 0.255 e. The molecule has 1 fully saturated rings. The van der Waals surface area contributed by atoms with Gasteiger partial charge in [0.25, 0.3) is 5.91 Å². The molecule has 0 aliphatic carbocycles. The highest BCUT2D eigenvalue weighted by Crippen LogP contribution is 2.29. The molecule has 1 amide bonds. The van der Waals surface area contributed by atoms with E-state index in [0.29, 0.717) is 30.4 Å². The molecule has 0 radical (unpaired) electrons. The van der Waals surface area contributed by atoms with Gasteiger partial charge in [-0.3, -0.25) is 9.48 Å². The van der Waals surface area contributed by atoms with Crippen LogP contribution >= 0.6 is 11.6 Å². The summed E-state index contributed by atoms with van der Waals surface area (Å²) >= 11 is 6.20. The summed E-state index contributed by atoms with van der Waals surface area (Å²) in [7, 11) is -1.97. The van der Waals surface area contributed by atoms with Gasteiger partial charge in [0.2, 0.25) is 10.0 Å². The fraction of sp³-hybridized carbons (Fsp3) is 0.474. The summed E-state index contributed by atoms with van der Waals surface area (Å²) in [6.45, 7) is 6.62. The Bertz CT molecular complexity index is 1020. The molecule has 1 atom stereocenters. The Labute approximate surface area is 170 Å². The number of nitrogens with one attached hydrogen (secondary N) is 1. The third-order valence-corrected chi connectivity index (χ3v) is 7.53. The normalized spacial score (nSPS) is 18.2. The lowest BCUT2D eigenvalue weighted by molar-refractivity contribution is 0.102. The number of carbonyl (C=O) groups is 1. The van der Waals surface area contributed by atoms with Crippen molar-refractivity contribution in [3.8, 4) is 0 Å². The molecule has 7 nitrogen and oxygen atoms in total. The van der Waals surface area contributed by atoms with Gasteiger partial charge in [0, 0.05) is 25.7 Å². The summed E-state index contributed by atoms with van der Waals surface area (Å²) in [5.41, 5.74) is 2.36. The number of hydrogen-bond acceptors (Lipinski definition) is 4. The summed E-state index contributed by atoms with van der Waals surface area (Å²) in [6, 6.07) is 4.34. The fourth-order valence-corrected chi connectivity index (χ4v) is 5.58. The summed E-state index contributed by atoms with van der Waals surface area (Å²) in [4.78, 5) is 12.7. The predicted molar refractivity (Wildman–Crippen MR) is 109 cm³/mol. The maximum Gasteiger partial charge on any atom is 0.255 e. The molecule has 9 heteroatoms. The average Bonchev–Trinajstić information content (AvgIpc) is 2.88. The molecule has 3 rings (SSSR count). The molecular weight excluding hydrogens is 400 g/mol. The van der Waals surface area contributed by atoms with Crippen molar-refractivity contribution in [1.29, 1.82) is 0 Å². The summed E-state index contributed by atoms with van der Waals surface area (Å²) in [5.74, 6) is -0.107. The molecule has 1 aliphatic rings. The molecule has 2 heterocycles. The van der Waals surface area contributed by atoms with E-state index in [-0.39, 0.29) is 15.5 Å². The van der Waals surface area contributed by atoms with Crippen LogP contribution in [-0.2, 0) is 17.1 Å². The molecule has 28 heavy (non-hydrogen) atoms. The maximum absolute atomic E-state index is 13.1. The zero-order valence-electron chi connectivity index (χ0n) is 16.5. The van der Waals surface area contributed by atoms with Crippen LogP contribution < -0.4 is 5.32 Å². The van der Waals surface area contributed by atoms with Gasteiger partial charge >= 0.3 is 0 Å². The van der Waals surface area contributed by atoms with Gasteiger partial charge in [0.15, 0.2) is 0 Å². The average molecular weight is 425 g/mol. The second kappa shape index (κ2) is 7.85. The maximum atomic E-state index is 13.1. The first-order chi connectivity index (χ1) is 13.1. The summed E-state index contributed by atoms with van der Waals surface area (Å²) < 4.78 is 29.3. The quantitative estimate of drug-likeness (QED) is 0.815. The van der Waals surface area contributed by atoms with E-state index in [2.05, 4.69) is 10.4 Å². The van der Waals surface area contributed by atoms with Crippen molar-refractivity contribution in [3.05, 3.63) is 40.2 Å². The third-order valence-electron chi connectivity index (χ3n) is 5.18. The van der Waals surface area contributed by atoms with Crippen LogP contribution in [0.5, 0.6) is 0 Å². The van der Waals surface area contributed by atoms with Crippen LogP contribution in [0, 0.1) is 19.8 Å². The Hall–Kier alpha value is -1.90. The molecule has 152 valence electrons. The van der Waals surface area contributed by atoms with E-state index < -0.39 is 15.9 Å². The number of halogens is 1. The fourth-order valence-electron chi connectivity index (χ4n) is 3.49. The van der Waals surface area contributed by atoms with Gasteiger partial charge in [-0.25, -0.2) is 8.42 Å². The van der Waals surface area contributed by atoms with Crippen LogP contribution in [0.4, 0.5) is 5.69 Å². The first-order valence-electron chi connectivity index (χ1n) is 9.22. The monoisotopic (exact) mass is 424 g/mol. The zero-order chi connectivity index (χ0) is 20.6. The van der Waals surface area contributed by atoms with Crippen LogP contribution in [0.3, 0.4) is 0 Å². The number of aromatic nitrogens is 2. The number of aryl methyl sites for hydroxylation is 2. The largest absolute Gasteiger partial charge is 0.319 e. The van der Waals surface area contributed by atoms with Crippen molar-refractivity contribution in [2.24, 2.45) is 13.0 Å². The molecule has 2 aromatic rings. The number of amides is 1. The Balaban J connectivity index is 1.91. The highest BCUT2D eigenvalue weighted by molar-refractivity contribution is 7.89. The van der Waals surface area contributed by atoms with E-state index in [1.165, 1.54) is 22.5 Å². The number of nitrogens with zero attached hydrogens (tertiary/aromatic N) is 3. The van der Waals surface area contributed by atoms with E-state index >= 15 is 0 Å². The number of hydrogen-bond donors (Lipinski definition) is 1. The van der Waals surface area contributed by atoms with Gasteiger partial charge in [-0.05, 0) is 50.8 Å². The van der Waals surface area contributed by atoms with E-state index in [1.807, 2.05) is 13.8 Å². The minimum atomic E-state index is -3.76. The second-order valence-electron chi connectivity index (χ2n) is 7.38. The summed E-state index contributed by atoms with van der Waals surface area (Å²) in [6.07, 6.45) is 1.82. The first kappa shape index (κ1) is 20.8. The minimum absolute atomic E-state index is 0.0319. The molecule has 1 N–H and O–H groups in total. The molecule has 1 saturated heterocycles. The van der Waals surface area contributed by atoms with Gasteiger partial charge in [0.1, 0.15) is 4.90 Å². The van der Waals surface area contributed by atoms with Gasteiger partial charge < -0.3 is 5.32 Å². The number of carbonyl (C=O) groups excluding carboxylic acids is 1. The van der Waals surface area contributed by atoms with Crippen LogP contribution in [0.1, 0.15) is 41.5 Å². The standard InChI is InChI=1S/C19H25ClN4O3S/c1-12-6-5-9-24(11-12)28(26,27)17-10-15(7-8-16(17)20)19(25)21-18-13(2)22-23(4)14(18)3/h7-8,10,12H,5-6,9,11H2,1-4H3,(H,21,25)/t12-/m1/s1. The Morgan fingerprint density at radius 1 is 1.32 bits per heavy atom. The van der Waals surface area contributed by atoms with E-state index in [9.17, 15) is 13.2 Å². The van der Waals surface area contributed by atoms with Gasteiger partial charge in [-0.2, -0.15) is 9.40 Å². The third kappa shape index (κ3) is 3.94. The van der Waals surface area contributed by atoms with E-state index in [1.54, 1.807) is 18.7 Å². The number of benzene rings is 1. The van der Waals surface area contributed by atoms with Crippen LogP contribution in [0.15, 0.2) is 23.1 Å². The van der Waals surface area contributed by atoms with Gasteiger partial charge in [0.05, 0.1) is 22.1 Å². The zero-order valence-corrected chi connectivity index (χ0v) is 18.1. The lowest BCUT2D eigenvalue weighted by Gasteiger charge is -2.30. The van der Waals surface area contributed by atoms with Gasteiger partial charge in [-0.1, -0.05) is 18.5 Å². The molecular formula is C19H25ClN4O3S. The van der Waals surface area contributed by atoms with Crippen LogP contribution in [-0.4, -0.2) is 41.5 Å². The van der Waals surface area contributed by atoms with Gasteiger partial charge in [-0.15, -0.1) is 0 Å². The predicted octanol–water partition coefficient (Wildman–Crippen LogP) is 3.36. The minimum Gasteiger partial charge on any atom is -0.319 e. The van der Waals surface area contributed by atoms with Crippen LogP contribution in [0.25, 0.3) is 0 Å². The molecule has 1 aromatic carbocycles. The highest BCUT2D eigenvalue weighted by atomic mass is 35.5. The van der Waals surface area contributed by atoms with Crippen molar-refractivity contribution in [1.82, 2.24) is 14.1 Å². The molecule has 0 spiro atoms. The Morgan fingerprint density at radius 2 is 2.04 bits per heavy atom. The SMILES string of the molecule is Cc1nn(C)c(C)c1NC(=O)c1ccc(Cl)c(S(=O)(=O)N2CCC[C@@H](C)C2)c1. The number of rotatable bonds is 4. The molecule has 0 bridgehead atoms. The number of anilines is 1. The lowest BCUT2D eigenvalue weighted by atomic mass is 10.0. The summed E-state index contributed by atoms with van der Waals surface area (Å²) in [5, 5.41) is 7.22.